The molecule has 0 saturated carbocycles. The number of nitrogens with two attached hydrogens (primary N) is 1. The summed E-state index contributed by atoms with van der Waals surface area (Å²) in [7, 11) is 0. The molecule has 4 heterocycles. The molecule has 2 bridgehead atoms. The van der Waals surface area contributed by atoms with Gasteiger partial charge in [-0.1, -0.05) is 12.1 Å². The molecule has 3 atom stereocenters. The van der Waals surface area contributed by atoms with Crippen molar-refractivity contribution in [2.75, 3.05) is 5.73 Å². The third kappa shape index (κ3) is 3.24. The number of imidazole rings is 1. The maximum atomic E-state index is 14.2. The number of benzene rings is 1. The summed E-state index contributed by atoms with van der Waals surface area (Å²) in [6.45, 7) is 2.34. The number of dihydropyridines is 1. The first kappa shape index (κ1) is 19.0. The minimum Gasteiger partial charge on any atom is -0.482 e. The van der Waals surface area contributed by atoms with E-state index in [-0.39, 0.29) is 29.3 Å². The lowest BCUT2D eigenvalue weighted by molar-refractivity contribution is 0.225. The maximum Gasteiger partial charge on any atom is 0.166 e. The van der Waals surface area contributed by atoms with E-state index in [0.29, 0.717) is 23.6 Å². The first-order chi connectivity index (χ1) is 15.0. The van der Waals surface area contributed by atoms with Gasteiger partial charge in [0, 0.05) is 30.4 Å². The Hall–Kier alpha value is -3.99. The van der Waals surface area contributed by atoms with Gasteiger partial charge in [-0.3, -0.25) is 4.99 Å². The maximum absolute atomic E-state index is 14.2. The molecule has 8 heteroatoms. The van der Waals surface area contributed by atoms with Crippen LogP contribution in [0.3, 0.4) is 0 Å². The molecule has 5 rings (SSSR count). The number of allylic oxidation sites excluding steroid dienone is 1. The number of rotatable bonds is 0. The summed E-state index contributed by atoms with van der Waals surface area (Å²) >= 11 is 0. The van der Waals surface area contributed by atoms with Crippen molar-refractivity contribution in [2.24, 2.45) is 4.99 Å². The molecular formula is C23H19FN6O. The van der Waals surface area contributed by atoms with Gasteiger partial charge in [0.05, 0.1) is 18.1 Å². The van der Waals surface area contributed by atoms with Crippen molar-refractivity contribution in [2.45, 2.75) is 31.5 Å². The van der Waals surface area contributed by atoms with Crippen molar-refractivity contribution in [3.63, 3.8) is 0 Å². The van der Waals surface area contributed by atoms with Crippen molar-refractivity contribution >= 4 is 12.0 Å². The molecule has 0 spiro atoms. The molecule has 2 aliphatic rings. The van der Waals surface area contributed by atoms with Gasteiger partial charge in [-0.25, -0.2) is 14.4 Å². The number of pyridine rings is 1. The number of hydrogen-bond acceptors (Lipinski definition) is 6. The number of aromatic nitrogens is 3. The standard InChI is InChI=1S/C23H19FN6O/c1-13-18-8-15(24)4-5-16(18)17-3-2-6-27-20(17)11-30-12-29-19(9-25)22(30)14-7-21(31-13)23(26)28-10-14/h2-8,10,12-13,17,20H,11H2,1H3,(H2,26,28)/t13-,17?,20?/m1/s1. The Balaban J connectivity index is 1.76. The van der Waals surface area contributed by atoms with E-state index in [9.17, 15) is 9.65 Å². The molecule has 7 nitrogen and oxygen atoms in total. The molecule has 154 valence electrons. The van der Waals surface area contributed by atoms with Gasteiger partial charge < -0.3 is 15.0 Å². The van der Waals surface area contributed by atoms with Crippen LogP contribution in [0.15, 0.2) is 53.9 Å². The highest BCUT2D eigenvalue weighted by Crippen LogP contribution is 2.38. The summed E-state index contributed by atoms with van der Waals surface area (Å²) in [6.07, 6.45) is 8.47. The minimum atomic E-state index is -0.482. The van der Waals surface area contributed by atoms with Gasteiger partial charge in [0.1, 0.15) is 18.0 Å². The number of aliphatic imine (C=N–C) groups is 1. The van der Waals surface area contributed by atoms with Gasteiger partial charge in [0.2, 0.25) is 0 Å². The monoisotopic (exact) mass is 414 g/mol. The van der Waals surface area contributed by atoms with E-state index >= 15 is 0 Å². The summed E-state index contributed by atoms with van der Waals surface area (Å²) in [6, 6.07) is 8.46. The second-order valence-electron chi connectivity index (χ2n) is 7.62. The number of nitriles is 1. The predicted octanol–water partition coefficient (Wildman–Crippen LogP) is 3.78. The van der Waals surface area contributed by atoms with Gasteiger partial charge >= 0.3 is 0 Å². The van der Waals surface area contributed by atoms with Gasteiger partial charge in [0.15, 0.2) is 17.3 Å². The minimum absolute atomic E-state index is 0.0966. The Labute approximate surface area is 178 Å². The summed E-state index contributed by atoms with van der Waals surface area (Å²) in [4.78, 5) is 13.2. The highest BCUT2D eigenvalue weighted by atomic mass is 19.1. The number of hydrogen-bond donors (Lipinski definition) is 1. The lowest BCUT2D eigenvalue weighted by atomic mass is 9.85. The molecule has 0 aliphatic carbocycles. The number of nitrogen functional groups attached to an aromatic ring is 1. The summed E-state index contributed by atoms with van der Waals surface area (Å²) in [5.41, 5.74) is 9.31. The average molecular weight is 414 g/mol. The van der Waals surface area contributed by atoms with Crippen molar-refractivity contribution in [3.8, 4) is 23.1 Å². The Morgan fingerprint density at radius 1 is 1.26 bits per heavy atom. The molecule has 2 unspecified atom stereocenters. The van der Waals surface area contributed by atoms with E-state index in [0.717, 1.165) is 11.1 Å². The number of ether oxygens (including phenoxy) is 1. The molecule has 31 heavy (non-hydrogen) atoms. The zero-order valence-electron chi connectivity index (χ0n) is 16.7. The Kier molecular flexibility index (Phi) is 4.51. The van der Waals surface area contributed by atoms with Crippen molar-refractivity contribution in [1.29, 1.82) is 5.26 Å². The molecule has 1 aromatic carbocycles. The normalized spacial score (nSPS) is 21.5. The summed E-state index contributed by atoms with van der Waals surface area (Å²) in [5.74, 6) is 0.152. The lowest BCUT2D eigenvalue weighted by Crippen LogP contribution is -2.26. The number of fused-ring (bicyclic) bond motifs is 7. The summed E-state index contributed by atoms with van der Waals surface area (Å²) < 4.78 is 22.3. The zero-order chi connectivity index (χ0) is 21.5. The van der Waals surface area contributed by atoms with Gasteiger partial charge in [-0.2, -0.15) is 5.26 Å². The van der Waals surface area contributed by atoms with E-state index < -0.39 is 6.10 Å². The first-order valence-electron chi connectivity index (χ1n) is 9.92. The molecule has 0 fully saturated rings. The van der Waals surface area contributed by atoms with Gasteiger partial charge in [-0.05, 0) is 42.3 Å². The van der Waals surface area contributed by atoms with E-state index in [2.05, 4.69) is 22.1 Å². The van der Waals surface area contributed by atoms with E-state index in [1.54, 1.807) is 30.9 Å². The number of anilines is 1. The van der Waals surface area contributed by atoms with Crippen LogP contribution in [0.2, 0.25) is 0 Å². The van der Waals surface area contributed by atoms with Crippen molar-refractivity contribution in [3.05, 3.63) is 71.6 Å². The Morgan fingerprint density at radius 2 is 2.13 bits per heavy atom. The van der Waals surface area contributed by atoms with Gasteiger partial charge in [-0.15, -0.1) is 0 Å². The number of halogens is 1. The van der Waals surface area contributed by atoms with Crippen molar-refractivity contribution in [1.82, 2.24) is 14.5 Å². The van der Waals surface area contributed by atoms with E-state index in [1.165, 1.54) is 12.1 Å². The second kappa shape index (κ2) is 7.36. The molecule has 2 N–H and O–H groups in total. The molecule has 2 aromatic heterocycles. The highest BCUT2D eigenvalue weighted by molar-refractivity contribution is 5.73. The molecule has 0 saturated heterocycles. The van der Waals surface area contributed by atoms with Crippen LogP contribution in [-0.2, 0) is 6.54 Å². The molecule has 3 aromatic rings. The molecule has 0 amide bonds. The Bertz CT molecular complexity index is 1270. The molecular weight excluding hydrogens is 395 g/mol. The van der Waals surface area contributed by atoms with Gasteiger partial charge in [0.25, 0.3) is 0 Å². The lowest BCUT2D eigenvalue weighted by Gasteiger charge is -2.29. The molecule has 2 aliphatic heterocycles. The fourth-order valence-electron chi connectivity index (χ4n) is 4.26. The largest absolute Gasteiger partial charge is 0.482 e. The summed E-state index contributed by atoms with van der Waals surface area (Å²) in [5, 5.41) is 9.61. The van der Waals surface area contributed by atoms with Crippen LogP contribution in [0.1, 0.15) is 35.8 Å². The SMILES string of the molecule is C[C@H]1Oc2cc(cnc2N)-c2c(C#N)ncn2CC2N=CC=CC2c2ccc(F)cc21. The fraction of sp³-hybridized carbons (Fsp3) is 0.217. The first-order valence-corrected chi connectivity index (χ1v) is 9.92. The quantitative estimate of drug-likeness (QED) is 0.603. The van der Waals surface area contributed by atoms with Crippen molar-refractivity contribution < 1.29 is 9.13 Å². The second-order valence-corrected chi connectivity index (χ2v) is 7.62. The third-order valence-corrected chi connectivity index (χ3v) is 5.73. The van der Waals surface area contributed by atoms with Crippen LogP contribution in [0, 0.1) is 17.1 Å². The average Bonchev–Trinajstić information content (AvgIpc) is 3.17. The van der Waals surface area contributed by atoms with Crippen LogP contribution in [0.4, 0.5) is 10.2 Å². The van der Waals surface area contributed by atoms with Crippen LogP contribution >= 0.6 is 0 Å². The topological polar surface area (TPSA) is 102 Å². The van der Waals surface area contributed by atoms with Crippen LogP contribution in [0.5, 0.6) is 5.75 Å². The van der Waals surface area contributed by atoms with Crippen LogP contribution in [-0.4, -0.2) is 26.8 Å². The van der Waals surface area contributed by atoms with Crippen LogP contribution in [0.25, 0.3) is 11.3 Å². The van der Waals surface area contributed by atoms with E-state index in [4.69, 9.17) is 15.5 Å². The predicted molar refractivity (Wildman–Crippen MR) is 114 cm³/mol. The van der Waals surface area contributed by atoms with Crippen LogP contribution < -0.4 is 10.5 Å². The fourth-order valence-corrected chi connectivity index (χ4v) is 4.26. The smallest absolute Gasteiger partial charge is 0.166 e. The zero-order valence-corrected chi connectivity index (χ0v) is 16.7. The Morgan fingerprint density at radius 3 is 2.97 bits per heavy atom. The highest BCUT2D eigenvalue weighted by Gasteiger charge is 2.29. The number of nitrogens with zero attached hydrogens (tertiary/aromatic N) is 5. The van der Waals surface area contributed by atoms with E-state index in [1.807, 2.05) is 17.6 Å². The third-order valence-electron chi connectivity index (χ3n) is 5.73. The molecule has 0 radical (unpaired) electrons.